The van der Waals surface area contributed by atoms with E-state index in [0.717, 1.165) is 25.0 Å². The number of aryl methyl sites for hydroxylation is 1. The molecule has 5 heteroatoms. The van der Waals surface area contributed by atoms with E-state index in [1.54, 1.807) is 21.9 Å². The normalized spacial score (nSPS) is 19.5. The van der Waals surface area contributed by atoms with Crippen molar-refractivity contribution in [3.8, 4) is 0 Å². The van der Waals surface area contributed by atoms with Crippen molar-refractivity contribution in [1.29, 1.82) is 0 Å². The number of likely N-dealkylation sites (tertiary alicyclic amines) is 1. The first kappa shape index (κ1) is 14.5. The van der Waals surface area contributed by atoms with Crippen molar-refractivity contribution >= 4 is 17.8 Å². The van der Waals surface area contributed by atoms with Gasteiger partial charge in [0.2, 0.25) is 5.91 Å². The SMILES string of the molecule is CCC(=O)C1CCCCN1C(=O)C=Cc1ccnn1C. The van der Waals surface area contributed by atoms with Crippen molar-refractivity contribution < 1.29 is 9.59 Å². The third-order valence-electron chi connectivity index (χ3n) is 3.76. The van der Waals surface area contributed by atoms with Crippen LogP contribution >= 0.6 is 0 Å². The van der Waals surface area contributed by atoms with Crippen molar-refractivity contribution in [1.82, 2.24) is 14.7 Å². The van der Waals surface area contributed by atoms with Crippen LogP contribution in [0.2, 0.25) is 0 Å². The van der Waals surface area contributed by atoms with E-state index < -0.39 is 0 Å². The second-order valence-corrected chi connectivity index (χ2v) is 5.08. The van der Waals surface area contributed by atoms with Gasteiger partial charge in [0.25, 0.3) is 0 Å². The molecule has 0 spiro atoms. The highest BCUT2D eigenvalue weighted by Gasteiger charge is 2.29. The molecule has 0 aliphatic carbocycles. The highest BCUT2D eigenvalue weighted by Crippen LogP contribution is 2.19. The summed E-state index contributed by atoms with van der Waals surface area (Å²) in [6, 6.07) is 1.60. The Morgan fingerprint density at radius 2 is 2.25 bits per heavy atom. The van der Waals surface area contributed by atoms with Crippen LogP contribution in [0.15, 0.2) is 18.3 Å². The molecule has 1 aromatic heterocycles. The average molecular weight is 275 g/mol. The van der Waals surface area contributed by atoms with Gasteiger partial charge in [-0.2, -0.15) is 5.10 Å². The summed E-state index contributed by atoms with van der Waals surface area (Å²) >= 11 is 0. The fraction of sp³-hybridized carbons (Fsp3) is 0.533. The van der Waals surface area contributed by atoms with Crippen molar-refractivity contribution in [3.63, 3.8) is 0 Å². The maximum Gasteiger partial charge on any atom is 0.247 e. The van der Waals surface area contributed by atoms with Gasteiger partial charge in [-0.25, -0.2) is 0 Å². The molecule has 20 heavy (non-hydrogen) atoms. The minimum Gasteiger partial charge on any atom is -0.329 e. The van der Waals surface area contributed by atoms with Crippen molar-refractivity contribution in [2.45, 2.75) is 38.6 Å². The van der Waals surface area contributed by atoms with Gasteiger partial charge in [0, 0.05) is 32.3 Å². The molecule has 1 atom stereocenters. The van der Waals surface area contributed by atoms with Crippen molar-refractivity contribution in [2.75, 3.05) is 6.54 Å². The maximum absolute atomic E-state index is 12.3. The van der Waals surface area contributed by atoms with E-state index in [-0.39, 0.29) is 17.7 Å². The van der Waals surface area contributed by atoms with Gasteiger partial charge in [-0.15, -0.1) is 0 Å². The Balaban J connectivity index is 2.08. The summed E-state index contributed by atoms with van der Waals surface area (Å²) in [5, 5.41) is 4.05. The summed E-state index contributed by atoms with van der Waals surface area (Å²) in [5.41, 5.74) is 0.869. The predicted octanol–water partition coefficient (Wildman–Crippen LogP) is 1.79. The topological polar surface area (TPSA) is 55.2 Å². The number of hydrogen-bond donors (Lipinski definition) is 0. The summed E-state index contributed by atoms with van der Waals surface area (Å²) < 4.78 is 1.70. The van der Waals surface area contributed by atoms with Crippen molar-refractivity contribution in [3.05, 3.63) is 24.0 Å². The van der Waals surface area contributed by atoms with Crippen LogP contribution in [0.5, 0.6) is 0 Å². The Kier molecular flexibility index (Phi) is 4.71. The van der Waals surface area contributed by atoms with E-state index in [4.69, 9.17) is 0 Å². The third kappa shape index (κ3) is 3.15. The Morgan fingerprint density at radius 3 is 2.90 bits per heavy atom. The molecule has 2 rings (SSSR count). The van der Waals surface area contributed by atoms with Crippen LogP contribution in [0.4, 0.5) is 0 Å². The first-order valence-electron chi connectivity index (χ1n) is 7.13. The molecule has 2 heterocycles. The molecule has 0 radical (unpaired) electrons. The molecule has 1 aliphatic heterocycles. The van der Waals surface area contributed by atoms with Gasteiger partial charge in [-0.3, -0.25) is 14.3 Å². The summed E-state index contributed by atoms with van der Waals surface area (Å²) in [6.45, 7) is 2.52. The molecule has 1 fully saturated rings. The van der Waals surface area contributed by atoms with Crippen LogP contribution in [-0.2, 0) is 16.6 Å². The number of nitrogens with zero attached hydrogens (tertiary/aromatic N) is 3. The van der Waals surface area contributed by atoms with Gasteiger partial charge >= 0.3 is 0 Å². The summed E-state index contributed by atoms with van der Waals surface area (Å²) in [4.78, 5) is 25.9. The minimum atomic E-state index is -0.238. The van der Waals surface area contributed by atoms with Crippen LogP contribution in [0.25, 0.3) is 6.08 Å². The van der Waals surface area contributed by atoms with E-state index in [1.165, 1.54) is 6.08 Å². The number of carbonyl (C=O) groups excluding carboxylic acids is 2. The van der Waals surface area contributed by atoms with E-state index in [0.29, 0.717) is 13.0 Å². The molecule has 1 saturated heterocycles. The van der Waals surface area contributed by atoms with Gasteiger partial charge in [0.15, 0.2) is 5.78 Å². The number of Topliss-reactive ketones (excluding diaryl/α,β-unsaturated/α-hetero) is 1. The molecule has 0 bridgehead atoms. The summed E-state index contributed by atoms with van der Waals surface area (Å²) in [5.74, 6) is 0.0738. The predicted molar refractivity (Wildman–Crippen MR) is 76.9 cm³/mol. The smallest absolute Gasteiger partial charge is 0.247 e. The van der Waals surface area contributed by atoms with E-state index in [9.17, 15) is 9.59 Å². The van der Waals surface area contributed by atoms with Gasteiger partial charge in [-0.1, -0.05) is 6.92 Å². The monoisotopic (exact) mass is 275 g/mol. The zero-order valence-corrected chi connectivity index (χ0v) is 12.1. The molecule has 0 saturated carbocycles. The van der Waals surface area contributed by atoms with Gasteiger partial charge in [0.05, 0.1) is 11.7 Å². The van der Waals surface area contributed by atoms with Gasteiger partial charge < -0.3 is 4.90 Å². The first-order chi connectivity index (χ1) is 9.63. The van der Waals surface area contributed by atoms with Crippen LogP contribution in [0, 0.1) is 0 Å². The highest BCUT2D eigenvalue weighted by molar-refractivity contribution is 5.96. The summed E-state index contributed by atoms with van der Waals surface area (Å²) in [7, 11) is 1.83. The quantitative estimate of drug-likeness (QED) is 0.787. The van der Waals surface area contributed by atoms with E-state index in [2.05, 4.69) is 5.10 Å². The number of aromatic nitrogens is 2. The minimum absolute atomic E-state index is 0.0855. The Labute approximate surface area is 119 Å². The summed E-state index contributed by atoms with van der Waals surface area (Å²) in [6.07, 6.45) is 8.24. The molecule has 108 valence electrons. The number of piperidine rings is 1. The first-order valence-corrected chi connectivity index (χ1v) is 7.13. The molecule has 1 amide bonds. The number of amides is 1. The molecule has 1 aliphatic rings. The molecule has 0 aromatic carbocycles. The molecule has 5 nitrogen and oxygen atoms in total. The fourth-order valence-electron chi connectivity index (χ4n) is 2.57. The zero-order chi connectivity index (χ0) is 14.5. The standard InChI is InChI=1S/C15H21N3O2/c1-3-14(19)13-6-4-5-11-18(13)15(20)8-7-12-9-10-16-17(12)2/h7-10,13H,3-6,11H2,1-2H3. The van der Waals surface area contributed by atoms with Crippen LogP contribution in [-0.4, -0.2) is 39.0 Å². The van der Waals surface area contributed by atoms with Crippen molar-refractivity contribution in [2.24, 2.45) is 7.05 Å². The fourth-order valence-corrected chi connectivity index (χ4v) is 2.57. The molecular formula is C15H21N3O2. The molecular weight excluding hydrogens is 254 g/mol. The molecule has 1 aromatic rings. The largest absolute Gasteiger partial charge is 0.329 e. The second kappa shape index (κ2) is 6.50. The lowest BCUT2D eigenvalue weighted by Crippen LogP contribution is -2.47. The number of carbonyl (C=O) groups is 2. The maximum atomic E-state index is 12.3. The molecule has 1 unspecified atom stereocenters. The lowest BCUT2D eigenvalue weighted by Gasteiger charge is -2.33. The lowest BCUT2D eigenvalue weighted by molar-refractivity contribution is -0.137. The number of ketones is 1. The van der Waals surface area contributed by atoms with Crippen LogP contribution in [0.3, 0.4) is 0 Å². The van der Waals surface area contributed by atoms with Gasteiger partial charge in [0.1, 0.15) is 0 Å². The third-order valence-corrected chi connectivity index (χ3v) is 3.76. The van der Waals surface area contributed by atoms with E-state index in [1.807, 2.05) is 20.0 Å². The average Bonchev–Trinajstić information content (AvgIpc) is 2.89. The van der Waals surface area contributed by atoms with Gasteiger partial charge in [-0.05, 0) is 31.4 Å². The Hall–Kier alpha value is -1.91. The zero-order valence-electron chi connectivity index (χ0n) is 12.1. The molecule has 0 N–H and O–H groups in total. The second-order valence-electron chi connectivity index (χ2n) is 5.08. The lowest BCUT2D eigenvalue weighted by atomic mass is 9.97. The highest BCUT2D eigenvalue weighted by atomic mass is 16.2. The van der Waals surface area contributed by atoms with Crippen LogP contribution in [0.1, 0.15) is 38.3 Å². The Morgan fingerprint density at radius 1 is 1.45 bits per heavy atom. The number of rotatable bonds is 4. The van der Waals surface area contributed by atoms with E-state index >= 15 is 0 Å². The number of hydrogen-bond acceptors (Lipinski definition) is 3. The Bertz CT molecular complexity index is 519. The van der Waals surface area contributed by atoms with Crippen LogP contribution < -0.4 is 0 Å².